The molecule has 1 aromatic heterocycles. The number of hydrogen-bond donors (Lipinski definition) is 0. The number of nitrogens with zero attached hydrogens (tertiary/aromatic N) is 3. The summed E-state index contributed by atoms with van der Waals surface area (Å²) in [5.41, 5.74) is 2.04. The third kappa shape index (κ3) is 2.85. The standard InChI is InChI=1S/C17H17N3OS/c1-3-22-17-19-18-16(13-8-7-11-15(12-13)21-2)20(17)14-9-5-4-6-10-14/h4-12H,3H2,1-2H3. The zero-order chi connectivity index (χ0) is 15.4. The maximum absolute atomic E-state index is 5.31. The highest BCUT2D eigenvalue weighted by atomic mass is 32.2. The van der Waals surface area contributed by atoms with Gasteiger partial charge >= 0.3 is 0 Å². The Morgan fingerprint density at radius 2 is 1.86 bits per heavy atom. The lowest BCUT2D eigenvalue weighted by atomic mass is 10.2. The maximum Gasteiger partial charge on any atom is 0.196 e. The molecule has 22 heavy (non-hydrogen) atoms. The van der Waals surface area contributed by atoms with E-state index in [1.807, 2.05) is 42.5 Å². The zero-order valence-electron chi connectivity index (χ0n) is 12.6. The molecular weight excluding hydrogens is 294 g/mol. The SMILES string of the molecule is CCSc1nnc(-c2cccc(OC)c2)n1-c1ccccc1. The third-order valence-electron chi connectivity index (χ3n) is 3.25. The van der Waals surface area contributed by atoms with Crippen molar-refractivity contribution in [3.05, 3.63) is 54.6 Å². The molecule has 0 atom stereocenters. The summed E-state index contributed by atoms with van der Waals surface area (Å²) >= 11 is 1.68. The third-order valence-corrected chi connectivity index (χ3v) is 4.06. The van der Waals surface area contributed by atoms with Crippen molar-refractivity contribution in [2.45, 2.75) is 12.1 Å². The van der Waals surface area contributed by atoms with Crippen LogP contribution in [-0.4, -0.2) is 27.6 Å². The summed E-state index contributed by atoms with van der Waals surface area (Å²) in [5.74, 6) is 2.58. The molecule has 0 spiro atoms. The molecule has 0 bridgehead atoms. The second-order valence-electron chi connectivity index (χ2n) is 4.64. The van der Waals surface area contributed by atoms with Crippen molar-refractivity contribution in [2.24, 2.45) is 0 Å². The number of methoxy groups -OCH3 is 1. The van der Waals surface area contributed by atoms with Crippen LogP contribution >= 0.6 is 11.8 Å². The predicted molar refractivity (Wildman–Crippen MR) is 89.7 cm³/mol. The second-order valence-corrected chi connectivity index (χ2v) is 5.87. The van der Waals surface area contributed by atoms with Crippen molar-refractivity contribution >= 4 is 11.8 Å². The van der Waals surface area contributed by atoms with Crippen LogP contribution in [0.1, 0.15) is 6.92 Å². The molecule has 3 aromatic rings. The Balaban J connectivity index is 2.15. The van der Waals surface area contributed by atoms with Gasteiger partial charge in [0.2, 0.25) is 0 Å². The van der Waals surface area contributed by atoms with Gasteiger partial charge in [-0.2, -0.15) is 0 Å². The van der Waals surface area contributed by atoms with Gasteiger partial charge in [0.25, 0.3) is 0 Å². The Labute approximate surface area is 134 Å². The van der Waals surface area contributed by atoms with Crippen molar-refractivity contribution in [2.75, 3.05) is 12.9 Å². The molecule has 1 heterocycles. The minimum atomic E-state index is 0.810. The number of ether oxygens (including phenoxy) is 1. The van der Waals surface area contributed by atoms with Gasteiger partial charge in [0.1, 0.15) is 5.75 Å². The van der Waals surface area contributed by atoms with Gasteiger partial charge in [-0.05, 0) is 30.0 Å². The quantitative estimate of drug-likeness (QED) is 0.666. The lowest BCUT2D eigenvalue weighted by Gasteiger charge is -2.10. The number of rotatable bonds is 5. The highest BCUT2D eigenvalue weighted by Gasteiger charge is 2.15. The molecule has 4 nitrogen and oxygen atoms in total. The number of hydrogen-bond acceptors (Lipinski definition) is 4. The van der Waals surface area contributed by atoms with E-state index >= 15 is 0 Å². The summed E-state index contributed by atoms with van der Waals surface area (Å²) in [4.78, 5) is 0. The first-order valence-electron chi connectivity index (χ1n) is 7.11. The number of aromatic nitrogens is 3. The molecule has 0 unspecified atom stereocenters. The van der Waals surface area contributed by atoms with Crippen LogP contribution in [0.2, 0.25) is 0 Å². The van der Waals surface area contributed by atoms with Gasteiger partial charge < -0.3 is 4.74 Å². The molecule has 2 aromatic carbocycles. The number of benzene rings is 2. The molecule has 0 aliphatic rings. The fourth-order valence-electron chi connectivity index (χ4n) is 2.25. The van der Waals surface area contributed by atoms with E-state index in [-0.39, 0.29) is 0 Å². The molecule has 0 saturated carbocycles. The van der Waals surface area contributed by atoms with Crippen LogP contribution in [0.15, 0.2) is 59.8 Å². The van der Waals surface area contributed by atoms with E-state index in [1.54, 1.807) is 18.9 Å². The maximum atomic E-state index is 5.31. The zero-order valence-corrected chi connectivity index (χ0v) is 13.4. The molecule has 112 valence electrons. The molecular formula is C17H17N3OS. The summed E-state index contributed by atoms with van der Waals surface area (Å²) < 4.78 is 7.40. The largest absolute Gasteiger partial charge is 0.497 e. The van der Waals surface area contributed by atoms with Crippen molar-refractivity contribution in [1.29, 1.82) is 0 Å². The lowest BCUT2D eigenvalue weighted by molar-refractivity contribution is 0.415. The van der Waals surface area contributed by atoms with Crippen LogP contribution < -0.4 is 4.74 Å². The van der Waals surface area contributed by atoms with Gasteiger partial charge in [-0.3, -0.25) is 4.57 Å². The van der Waals surface area contributed by atoms with Gasteiger partial charge in [-0.1, -0.05) is 49.0 Å². The topological polar surface area (TPSA) is 39.9 Å². The highest BCUT2D eigenvalue weighted by molar-refractivity contribution is 7.99. The van der Waals surface area contributed by atoms with Crippen molar-refractivity contribution in [3.63, 3.8) is 0 Å². The molecule has 0 radical (unpaired) electrons. The Morgan fingerprint density at radius 3 is 2.59 bits per heavy atom. The molecule has 0 aliphatic heterocycles. The fourth-order valence-corrected chi connectivity index (χ4v) is 2.93. The molecule has 3 rings (SSSR count). The normalized spacial score (nSPS) is 10.6. The monoisotopic (exact) mass is 311 g/mol. The minimum absolute atomic E-state index is 0.810. The average molecular weight is 311 g/mol. The van der Waals surface area contributed by atoms with Crippen LogP contribution in [0, 0.1) is 0 Å². The van der Waals surface area contributed by atoms with Gasteiger partial charge in [0.15, 0.2) is 11.0 Å². The summed E-state index contributed by atoms with van der Waals surface area (Å²) in [6.07, 6.45) is 0. The smallest absolute Gasteiger partial charge is 0.196 e. The Bertz CT molecular complexity index is 756. The average Bonchev–Trinajstić information content (AvgIpc) is 3.00. The van der Waals surface area contributed by atoms with Crippen LogP contribution in [0.5, 0.6) is 5.75 Å². The Morgan fingerprint density at radius 1 is 1.05 bits per heavy atom. The van der Waals surface area contributed by atoms with Crippen LogP contribution in [0.4, 0.5) is 0 Å². The van der Waals surface area contributed by atoms with E-state index in [0.717, 1.165) is 33.7 Å². The first-order valence-corrected chi connectivity index (χ1v) is 8.10. The number of thioether (sulfide) groups is 1. The molecule has 0 aliphatic carbocycles. The van der Waals surface area contributed by atoms with E-state index in [1.165, 1.54) is 0 Å². The summed E-state index contributed by atoms with van der Waals surface area (Å²) in [5, 5.41) is 9.64. The molecule has 0 saturated heterocycles. The van der Waals surface area contributed by atoms with Gasteiger partial charge in [0.05, 0.1) is 7.11 Å². The van der Waals surface area contributed by atoms with Gasteiger partial charge in [-0.15, -0.1) is 10.2 Å². The van der Waals surface area contributed by atoms with Gasteiger partial charge in [0, 0.05) is 11.3 Å². The minimum Gasteiger partial charge on any atom is -0.497 e. The van der Waals surface area contributed by atoms with Crippen LogP contribution in [0.3, 0.4) is 0 Å². The van der Waals surface area contributed by atoms with E-state index < -0.39 is 0 Å². The molecule has 0 fully saturated rings. The predicted octanol–water partition coefficient (Wildman–Crippen LogP) is 4.05. The Hall–Kier alpha value is -2.27. The van der Waals surface area contributed by atoms with E-state index in [2.05, 4.69) is 33.8 Å². The van der Waals surface area contributed by atoms with E-state index in [4.69, 9.17) is 4.74 Å². The van der Waals surface area contributed by atoms with Crippen LogP contribution in [0.25, 0.3) is 17.1 Å². The van der Waals surface area contributed by atoms with Crippen molar-refractivity contribution in [1.82, 2.24) is 14.8 Å². The fraction of sp³-hybridized carbons (Fsp3) is 0.176. The van der Waals surface area contributed by atoms with Crippen molar-refractivity contribution < 1.29 is 4.74 Å². The summed E-state index contributed by atoms with van der Waals surface area (Å²) in [6.45, 7) is 2.11. The first kappa shape index (κ1) is 14.7. The first-order chi connectivity index (χ1) is 10.8. The van der Waals surface area contributed by atoms with Crippen molar-refractivity contribution in [3.8, 4) is 22.8 Å². The Kier molecular flexibility index (Phi) is 4.44. The van der Waals surface area contributed by atoms with E-state index in [0.29, 0.717) is 0 Å². The summed E-state index contributed by atoms with van der Waals surface area (Å²) in [7, 11) is 1.67. The summed E-state index contributed by atoms with van der Waals surface area (Å²) in [6, 6.07) is 18.1. The number of para-hydroxylation sites is 1. The van der Waals surface area contributed by atoms with Gasteiger partial charge in [-0.25, -0.2) is 0 Å². The molecule has 0 amide bonds. The van der Waals surface area contributed by atoms with E-state index in [9.17, 15) is 0 Å². The second kappa shape index (κ2) is 6.66. The molecule has 5 heteroatoms. The molecule has 0 N–H and O–H groups in total. The lowest BCUT2D eigenvalue weighted by Crippen LogP contribution is -1.99. The van der Waals surface area contributed by atoms with Crippen LogP contribution in [-0.2, 0) is 0 Å². The highest BCUT2D eigenvalue weighted by Crippen LogP contribution is 2.29.